The molecule has 166 valence electrons. The van der Waals surface area contributed by atoms with Crippen molar-refractivity contribution >= 4 is 21.6 Å². The SMILES string of the molecule is Cc1ccc(S(=O)(=O)N2CCN(C)CC2)cc1-c1cnc(N)c(C(=O)c2cccnc2)c1. The summed E-state index contributed by atoms with van der Waals surface area (Å²) < 4.78 is 27.9. The molecule has 9 heteroatoms. The summed E-state index contributed by atoms with van der Waals surface area (Å²) in [6.07, 6.45) is 4.62. The average Bonchev–Trinajstić information content (AvgIpc) is 2.80. The standard InChI is InChI=1S/C23H25N5O3S/c1-16-5-6-19(32(30,31)28-10-8-27(2)9-11-28)13-20(16)18-12-21(23(24)26-15-18)22(29)17-4-3-7-25-14-17/h3-7,12-15H,8-11H2,1-2H3,(H2,24,26). The second-order valence-electron chi connectivity index (χ2n) is 7.91. The maximum atomic E-state index is 13.2. The van der Waals surface area contributed by atoms with Gasteiger partial charge in [-0.2, -0.15) is 4.31 Å². The molecule has 0 unspecified atom stereocenters. The minimum atomic E-state index is -3.62. The summed E-state index contributed by atoms with van der Waals surface area (Å²) in [5.74, 6) is -0.176. The quantitative estimate of drug-likeness (QED) is 0.592. The Morgan fingerprint density at radius 1 is 1.06 bits per heavy atom. The highest BCUT2D eigenvalue weighted by Crippen LogP contribution is 2.30. The van der Waals surface area contributed by atoms with Crippen LogP contribution in [0.25, 0.3) is 11.1 Å². The van der Waals surface area contributed by atoms with Crippen LogP contribution in [-0.4, -0.2) is 66.6 Å². The third kappa shape index (κ3) is 4.27. The van der Waals surface area contributed by atoms with Crippen molar-refractivity contribution in [2.75, 3.05) is 39.0 Å². The molecule has 1 aliphatic rings. The highest BCUT2D eigenvalue weighted by Gasteiger charge is 2.28. The van der Waals surface area contributed by atoms with E-state index >= 15 is 0 Å². The number of pyridine rings is 2. The zero-order valence-electron chi connectivity index (χ0n) is 18.0. The predicted molar refractivity (Wildman–Crippen MR) is 123 cm³/mol. The Balaban J connectivity index is 1.72. The van der Waals surface area contributed by atoms with E-state index in [9.17, 15) is 13.2 Å². The number of hydrogen-bond acceptors (Lipinski definition) is 7. The van der Waals surface area contributed by atoms with Gasteiger partial charge >= 0.3 is 0 Å². The van der Waals surface area contributed by atoms with Gasteiger partial charge in [-0.25, -0.2) is 13.4 Å². The van der Waals surface area contributed by atoms with Gasteiger partial charge in [-0.1, -0.05) is 6.07 Å². The van der Waals surface area contributed by atoms with E-state index in [0.29, 0.717) is 42.9 Å². The fourth-order valence-corrected chi connectivity index (χ4v) is 5.16. The number of nitrogens with zero attached hydrogens (tertiary/aromatic N) is 4. The third-order valence-electron chi connectivity index (χ3n) is 5.71. The number of carbonyl (C=O) groups excluding carboxylic acids is 1. The number of hydrogen-bond donors (Lipinski definition) is 1. The molecule has 32 heavy (non-hydrogen) atoms. The van der Waals surface area contributed by atoms with Crippen LogP contribution in [0, 0.1) is 6.92 Å². The number of likely N-dealkylation sites (N-methyl/N-ethyl adjacent to an activating group) is 1. The normalized spacial score (nSPS) is 15.6. The van der Waals surface area contributed by atoms with Crippen LogP contribution in [0.15, 0.2) is 59.9 Å². The van der Waals surface area contributed by atoms with Crippen molar-refractivity contribution in [2.45, 2.75) is 11.8 Å². The van der Waals surface area contributed by atoms with E-state index < -0.39 is 10.0 Å². The lowest BCUT2D eigenvalue weighted by Crippen LogP contribution is -2.47. The smallest absolute Gasteiger partial charge is 0.243 e. The number of piperazine rings is 1. The van der Waals surface area contributed by atoms with E-state index in [0.717, 1.165) is 5.56 Å². The first-order valence-electron chi connectivity index (χ1n) is 10.3. The van der Waals surface area contributed by atoms with Crippen molar-refractivity contribution in [3.63, 3.8) is 0 Å². The largest absolute Gasteiger partial charge is 0.383 e. The highest BCUT2D eigenvalue weighted by molar-refractivity contribution is 7.89. The fourth-order valence-electron chi connectivity index (χ4n) is 3.71. The number of sulfonamides is 1. The Bertz CT molecular complexity index is 1250. The van der Waals surface area contributed by atoms with Gasteiger partial charge in [0.2, 0.25) is 10.0 Å². The molecule has 1 saturated heterocycles. The lowest BCUT2D eigenvalue weighted by Gasteiger charge is -2.31. The molecule has 0 saturated carbocycles. The predicted octanol–water partition coefficient (Wildman–Crippen LogP) is 2.20. The van der Waals surface area contributed by atoms with Crippen molar-refractivity contribution in [2.24, 2.45) is 0 Å². The van der Waals surface area contributed by atoms with Gasteiger partial charge in [0.15, 0.2) is 5.78 Å². The van der Waals surface area contributed by atoms with Crippen molar-refractivity contribution in [1.29, 1.82) is 0 Å². The van der Waals surface area contributed by atoms with Crippen molar-refractivity contribution in [3.05, 3.63) is 71.7 Å². The Morgan fingerprint density at radius 3 is 2.50 bits per heavy atom. The Morgan fingerprint density at radius 2 is 1.81 bits per heavy atom. The molecule has 3 aromatic rings. The molecule has 2 N–H and O–H groups in total. The summed E-state index contributed by atoms with van der Waals surface area (Å²) in [7, 11) is -1.65. The summed E-state index contributed by atoms with van der Waals surface area (Å²) in [6, 6.07) is 10.0. The van der Waals surface area contributed by atoms with Crippen LogP contribution in [0.3, 0.4) is 0 Å². The molecule has 0 aliphatic carbocycles. The monoisotopic (exact) mass is 451 g/mol. The highest BCUT2D eigenvalue weighted by atomic mass is 32.2. The van der Waals surface area contributed by atoms with Gasteiger partial charge in [0.05, 0.1) is 10.5 Å². The second-order valence-corrected chi connectivity index (χ2v) is 9.85. The maximum absolute atomic E-state index is 13.2. The minimum absolute atomic E-state index is 0.112. The summed E-state index contributed by atoms with van der Waals surface area (Å²) in [6.45, 7) is 4.18. The lowest BCUT2D eigenvalue weighted by atomic mass is 9.98. The molecule has 0 spiro atoms. The van der Waals surface area contributed by atoms with Crippen LogP contribution in [0.4, 0.5) is 5.82 Å². The number of nitrogens with two attached hydrogens (primary N) is 1. The van der Waals surface area contributed by atoms with Crippen LogP contribution in [0.5, 0.6) is 0 Å². The number of rotatable bonds is 5. The Hall–Kier alpha value is -3.14. The van der Waals surface area contributed by atoms with Crippen molar-refractivity contribution in [1.82, 2.24) is 19.2 Å². The Kier molecular flexibility index (Phi) is 6.05. The third-order valence-corrected chi connectivity index (χ3v) is 7.60. The van der Waals surface area contributed by atoms with E-state index in [1.807, 2.05) is 14.0 Å². The maximum Gasteiger partial charge on any atom is 0.243 e. The van der Waals surface area contributed by atoms with Gasteiger partial charge in [0.1, 0.15) is 5.82 Å². The van der Waals surface area contributed by atoms with Crippen LogP contribution < -0.4 is 5.73 Å². The molecule has 4 rings (SSSR count). The number of anilines is 1. The van der Waals surface area contributed by atoms with Crippen molar-refractivity contribution < 1.29 is 13.2 Å². The number of benzene rings is 1. The Labute approximate surface area is 187 Å². The molecular formula is C23H25N5O3S. The van der Waals surface area contributed by atoms with Gasteiger partial charge in [0, 0.05) is 55.9 Å². The summed E-state index contributed by atoms with van der Waals surface area (Å²) >= 11 is 0. The van der Waals surface area contributed by atoms with Gasteiger partial charge in [0.25, 0.3) is 0 Å². The summed E-state index contributed by atoms with van der Waals surface area (Å²) in [4.78, 5) is 23.4. The second kappa shape index (κ2) is 8.78. The van der Waals surface area contributed by atoms with Crippen LogP contribution in [0.1, 0.15) is 21.5 Å². The first kappa shape index (κ1) is 22.1. The molecule has 1 aliphatic heterocycles. The number of aromatic nitrogens is 2. The molecule has 0 bridgehead atoms. The van der Waals surface area contributed by atoms with E-state index in [1.165, 1.54) is 10.5 Å². The molecule has 1 aromatic carbocycles. The van der Waals surface area contributed by atoms with Crippen LogP contribution in [-0.2, 0) is 10.0 Å². The average molecular weight is 452 g/mol. The zero-order valence-corrected chi connectivity index (χ0v) is 18.8. The molecule has 8 nitrogen and oxygen atoms in total. The lowest BCUT2D eigenvalue weighted by molar-refractivity contribution is 0.103. The van der Waals surface area contributed by atoms with E-state index in [2.05, 4.69) is 14.9 Å². The molecule has 2 aromatic heterocycles. The molecular weight excluding hydrogens is 426 g/mol. The zero-order chi connectivity index (χ0) is 22.9. The molecule has 3 heterocycles. The number of nitrogen functional groups attached to an aromatic ring is 1. The van der Waals surface area contributed by atoms with Crippen LogP contribution >= 0.6 is 0 Å². The van der Waals surface area contributed by atoms with Gasteiger partial charge in [-0.15, -0.1) is 0 Å². The summed E-state index contributed by atoms with van der Waals surface area (Å²) in [5.41, 5.74) is 8.83. The van der Waals surface area contributed by atoms with Gasteiger partial charge in [-0.3, -0.25) is 9.78 Å². The topological polar surface area (TPSA) is 109 Å². The summed E-state index contributed by atoms with van der Waals surface area (Å²) in [5, 5.41) is 0. The van der Waals surface area contributed by atoms with Gasteiger partial charge in [-0.05, 0) is 55.4 Å². The van der Waals surface area contributed by atoms with Crippen LogP contribution in [0.2, 0.25) is 0 Å². The van der Waals surface area contributed by atoms with Gasteiger partial charge < -0.3 is 10.6 Å². The van der Waals surface area contributed by atoms with E-state index in [4.69, 9.17) is 5.73 Å². The number of carbonyl (C=O) groups is 1. The molecule has 1 fully saturated rings. The first-order valence-corrected chi connectivity index (χ1v) is 11.7. The molecule has 0 atom stereocenters. The van der Waals surface area contributed by atoms with Crippen molar-refractivity contribution in [3.8, 4) is 11.1 Å². The fraction of sp³-hybridized carbons (Fsp3) is 0.261. The number of aryl methyl sites for hydroxylation is 1. The molecule has 0 amide bonds. The minimum Gasteiger partial charge on any atom is -0.383 e. The van der Waals surface area contributed by atoms with E-state index in [-0.39, 0.29) is 22.1 Å². The number of ketones is 1. The first-order chi connectivity index (χ1) is 15.3. The van der Waals surface area contributed by atoms with E-state index in [1.54, 1.807) is 48.8 Å². The molecule has 0 radical (unpaired) electrons.